The van der Waals surface area contributed by atoms with Crippen LogP contribution in [0.4, 0.5) is 5.82 Å². The van der Waals surface area contributed by atoms with Crippen LogP contribution in [0.25, 0.3) is 5.52 Å². The zero-order chi connectivity index (χ0) is 14.9. The summed E-state index contributed by atoms with van der Waals surface area (Å²) in [6.45, 7) is 3.83. The predicted molar refractivity (Wildman–Crippen MR) is 87.1 cm³/mol. The Morgan fingerprint density at radius 1 is 1.36 bits per heavy atom. The van der Waals surface area contributed by atoms with E-state index in [4.69, 9.17) is 0 Å². The number of rotatable bonds is 3. The maximum atomic E-state index is 4.46. The fourth-order valence-corrected chi connectivity index (χ4v) is 3.15. The molecule has 0 amide bonds. The molecule has 0 spiro atoms. The van der Waals surface area contributed by atoms with E-state index in [-0.39, 0.29) is 0 Å². The zero-order valence-corrected chi connectivity index (χ0v) is 12.6. The molecule has 22 heavy (non-hydrogen) atoms. The summed E-state index contributed by atoms with van der Waals surface area (Å²) in [5.41, 5.74) is 4.85. The molecule has 0 radical (unpaired) electrons. The number of benzene rings is 1. The quantitative estimate of drug-likeness (QED) is 0.778. The first-order chi connectivity index (χ1) is 10.8. The van der Waals surface area contributed by atoms with Gasteiger partial charge in [-0.3, -0.25) is 0 Å². The summed E-state index contributed by atoms with van der Waals surface area (Å²) in [5, 5.41) is 11.5. The lowest BCUT2D eigenvalue weighted by Gasteiger charge is -2.27. The zero-order valence-electron chi connectivity index (χ0n) is 12.6. The first kappa shape index (κ1) is 13.3. The molecule has 1 aliphatic heterocycles. The van der Waals surface area contributed by atoms with Gasteiger partial charge in [-0.15, -0.1) is 0 Å². The van der Waals surface area contributed by atoms with E-state index < -0.39 is 0 Å². The highest BCUT2D eigenvalue weighted by atomic mass is 15.2. The number of nitrogens with one attached hydrogen (secondary N) is 2. The van der Waals surface area contributed by atoms with E-state index in [1.54, 1.807) is 6.20 Å². The Morgan fingerprint density at radius 3 is 3.23 bits per heavy atom. The lowest BCUT2D eigenvalue weighted by atomic mass is 9.94. The van der Waals surface area contributed by atoms with Crippen molar-refractivity contribution in [3.63, 3.8) is 0 Å². The van der Waals surface area contributed by atoms with Crippen molar-refractivity contribution in [1.82, 2.24) is 19.9 Å². The van der Waals surface area contributed by atoms with Gasteiger partial charge in [0.25, 0.3) is 0 Å². The Balaban J connectivity index is 1.58. The highest BCUT2D eigenvalue weighted by Gasteiger charge is 2.19. The highest BCUT2D eigenvalue weighted by molar-refractivity contribution is 5.67. The van der Waals surface area contributed by atoms with E-state index in [0.717, 1.165) is 36.5 Å². The Labute approximate surface area is 129 Å². The number of hydrogen-bond donors (Lipinski definition) is 2. The van der Waals surface area contributed by atoms with Crippen molar-refractivity contribution in [2.45, 2.75) is 19.4 Å². The van der Waals surface area contributed by atoms with E-state index in [1.165, 1.54) is 11.1 Å². The Hall–Kier alpha value is -2.40. The predicted octanol–water partition coefficient (Wildman–Crippen LogP) is 2.34. The summed E-state index contributed by atoms with van der Waals surface area (Å²) in [6, 6.07) is 11.0. The monoisotopic (exact) mass is 293 g/mol. The second-order valence-corrected chi connectivity index (χ2v) is 5.73. The lowest BCUT2D eigenvalue weighted by molar-refractivity contribution is 0.523. The topological polar surface area (TPSA) is 54.2 Å². The van der Waals surface area contributed by atoms with Crippen LogP contribution >= 0.6 is 0 Å². The van der Waals surface area contributed by atoms with Crippen molar-refractivity contribution >= 4 is 11.3 Å². The van der Waals surface area contributed by atoms with Crippen LogP contribution in [0.3, 0.4) is 0 Å². The van der Waals surface area contributed by atoms with Crippen molar-refractivity contribution in [2.24, 2.45) is 0 Å². The minimum atomic E-state index is 0.316. The Kier molecular flexibility index (Phi) is 3.27. The van der Waals surface area contributed by atoms with E-state index in [2.05, 4.69) is 51.0 Å². The Morgan fingerprint density at radius 2 is 2.27 bits per heavy atom. The van der Waals surface area contributed by atoms with Gasteiger partial charge in [-0.25, -0.2) is 9.50 Å². The molecule has 5 nitrogen and oxygen atoms in total. The fourth-order valence-electron chi connectivity index (χ4n) is 3.15. The second kappa shape index (κ2) is 5.42. The third-order valence-electron chi connectivity index (χ3n) is 4.20. The molecule has 0 saturated carbocycles. The van der Waals surface area contributed by atoms with Crippen LogP contribution in [-0.2, 0) is 6.42 Å². The van der Waals surface area contributed by atoms with Crippen molar-refractivity contribution in [3.8, 4) is 0 Å². The molecule has 1 unspecified atom stereocenters. The van der Waals surface area contributed by atoms with Crippen LogP contribution in [0.5, 0.6) is 0 Å². The third-order valence-corrected chi connectivity index (χ3v) is 4.20. The number of hydrogen-bond acceptors (Lipinski definition) is 4. The smallest absolute Gasteiger partial charge is 0.152 e. The lowest BCUT2D eigenvalue weighted by Crippen LogP contribution is -2.34. The molecule has 1 atom stereocenters. The summed E-state index contributed by atoms with van der Waals surface area (Å²) in [5.74, 6) is 0.882. The molecule has 0 bridgehead atoms. The van der Waals surface area contributed by atoms with E-state index in [9.17, 15) is 0 Å². The summed E-state index contributed by atoms with van der Waals surface area (Å²) < 4.78 is 1.87. The van der Waals surface area contributed by atoms with Crippen molar-refractivity contribution < 1.29 is 0 Å². The van der Waals surface area contributed by atoms with Gasteiger partial charge in [0.1, 0.15) is 5.52 Å². The van der Waals surface area contributed by atoms with Gasteiger partial charge in [-0.05, 0) is 37.1 Å². The van der Waals surface area contributed by atoms with Crippen LogP contribution in [0, 0.1) is 6.92 Å². The first-order valence-corrected chi connectivity index (χ1v) is 7.67. The summed E-state index contributed by atoms with van der Waals surface area (Å²) >= 11 is 0. The average molecular weight is 293 g/mol. The number of aromatic nitrogens is 3. The molecule has 1 aromatic carbocycles. The summed E-state index contributed by atoms with van der Waals surface area (Å²) in [7, 11) is 0. The van der Waals surface area contributed by atoms with Crippen LogP contribution < -0.4 is 10.6 Å². The normalized spacial score (nSPS) is 17.4. The average Bonchev–Trinajstić information content (AvgIpc) is 2.93. The molecule has 4 rings (SSSR count). The molecule has 0 aliphatic carbocycles. The van der Waals surface area contributed by atoms with Gasteiger partial charge in [0.15, 0.2) is 5.82 Å². The van der Waals surface area contributed by atoms with Gasteiger partial charge in [0.2, 0.25) is 0 Å². The first-order valence-electron chi connectivity index (χ1n) is 7.67. The summed E-state index contributed by atoms with van der Waals surface area (Å²) in [6.07, 6.45) is 4.76. The van der Waals surface area contributed by atoms with E-state index in [0.29, 0.717) is 6.04 Å². The van der Waals surface area contributed by atoms with Gasteiger partial charge < -0.3 is 10.6 Å². The molecule has 3 heterocycles. The Bertz CT molecular complexity index is 808. The molecule has 112 valence electrons. The number of aryl methyl sites for hydroxylation is 1. The van der Waals surface area contributed by atoms with Crippen LogP contribution in [0.1, 0.15) is 22.9 Å². The van der Waals surface area contributed by atoms with Gasteiger partial charge in [0.05, 0.1) is 5.69 Å². The molecule has 2 N–H and O–H groups in total. The number of nitrogens with zero attached hydrogens (tertiary/aromatic N) is 3. The SMILES string of the molecule is Cc1cc2c(NCC3NCCc4ccccc43)nccn2n1. The van der Waals surface area contributed by atoms with Crippen molar-refractivity contribution in [2.75, 3.05) is 18.4 Å². The molecular weight excluding hydrogens is 274 g/mol. The van der Waals surface area contributed by atoms with Gasteiger partial charge in [0, 0.05) is 25.0 Å². The van der Waals surface area contributed by atoms with Gasteiger partial charge in [-0.2, -0.15) is 5.10 Å². The van der Waals surface area contributed by atoms with Gasteiger partial charge in [-0.1, -0.05) is 24.3 Å². The van der Waals surface area contributed by atoms with Crippen molar-refractivity contribution in [1.29, 1.82) is 0 Å². The number of anilines is 1. The van der Waals surface area contributed by atoms with Crippen LogP contribution in [0.2, 0.25) is 0 Å². The molecule has 0 fully saturated rings. The second-order valence-electron chi connectivity index (χ2n) is 5.73. The maximum absolute atomic E-state index is 4.46. The summed E-state index contributed by atoms with van der Waals surface area (Å²) in [4.78, 5) is 4.46. The minimum absolute atomic E-state index is 0.316. The maximum Gasteiger partial charge on any atom is 0.152 e. The number of fused-ring (bicyclic) bond motifs is 2. The minimum Gasteiger partial charge on any atom is -0.366 e. The fraction of sp³-hybridized carbons (Fsp3) is 0.294. The van der Waals surface area contributed by atoms with Crippen molar-refractivity contribution in [3.05, 3.63) is 59.5 Å². The van der Waals surface area contributed by atoms with Gasteiger partial charge >= 0.3 is 0 Å². The largest absolute Gasteiger partial charge is 0.366 e. The molecule has 3 aromatic rings. The highest BCUT2D eigenvalue weighted by Crippen LogP contribution is 2.23. The molecule has 0 saturated heterocycles. The van der Waals surface area contributed by atoms with Crippen LogP contribution in [0.15, 0.2) is 42.7 Å². The van der Waals surface area contributed by atoms with E-state index in [1.807, 2.05) is 17.6 Å². The van der Waals surface area contributed by atoms with Crippen LogP contribution in [-0.4, -0.2) is 27.7 Å². The standard InChI is InChI=1S/C17H19N5/c1-12-10-16-17(19-8-9-22(16)21-12)20-11-15-14-5-3-2-4-13(14)6-7-18-15/h2-5,8-10,15,18H,6-7,11H2,1H3,(H,19,20). The third kappa shape index (κ3) is 2.33. The van der Waals surface area contributed by atoms with E-state index >= 15 is 0 Å². The molecule has 5 heteroatoms. The molecule has 2 aromatic heterocycles. The molecule has 1 aliphatic rings. The molecular formula is C17H19N5.